The van der Waals surface area contributed by atoms with E-state index in [0.29, 0.717) is 34.2 Å². The van der Waals surface area contributed by atoms with E-state index in [1.54, 1.807) is 52.3 Å². The molecule has 0 bridgehead atoms. The van der Waals surface area contributed by atoms with Crippen molar-refractivity contribution in [3.05, 3.63) is 53.5 Å². The first-order valence-electron chi connectivity index (χ1n) is 8.60. The van der Waals surface area contributed by atoms with Gasteiger partial charge in [0.15, 0.2) is 11.5 Å². The highest BCUT2D eigenvalue weighted by Crippen LogP contribution is 2.29. The number of ether oxygens (including phenoxy) is 3. The van der Waals surface area contributed by atoms with Crippen molar-refractivity contribution in [2.45, 2.75) is 27.7 Å². The van der Waals surface area contributed by atoms with Gasteiger partial charge in [-0.2, -0.15) is 0 Å². The second kappa shape index (κ2) is 10.2. The van der Waals surface area contributed by atoms with E-state index in [2.05, 4.69) is 11.9 Å². The van der Waals surface area contributed by atoms with E-state index in [9.17, 15) is 9.59 Å². The summed E-state index contributed by atoms with van der Waals surface area (Å²) >= 11 is 0. The normalized spacial score (nSPS) is 10.6. The van der Waals surface area contributed by atoms with E-state index in [-0.39, 0.29) is 6.03 Å². The van der Waals surface area contributed by atoms with Gasteiger partial charge >= 0.3 is 12.0 Å². The highest BCUT2D eigenvalue weighted by Gasteiger charge is 2.14. The molecular weight excluding hydrogens is 360 g/mol. The van der Waals surface area contributed by atoms with Gasteiger partial charge in [-0.25, -0.2) is 9.59 Å². The van der Waals surface area contributed by atoms with E-state index in [1.807, 2.05) is 13.8 Å². The maximum atomic E-state index is 12.6. The highest BCUT2D eigenvalue weighted by atomic mass is 16.5. The molecule has 0 unspecified atom stereocenters. The van der Waals surface area contributed by atoms with E-state index >= 15 is 0 Å². The zero-order valence-electron chi connectivity index (χ0n) is 17.5. The minimum absolute atomic E-state index is 0.296. The quantitative estimate of drug-likeness (QED) is 0.322. The lowest BCUT2D eigenvalue weighted by molar-refractivity contribution is -0.134. The van der Waals surface area contributed by atoms with E-state index < -0.39 is 5.97 Å². The Hall–Kier alpha value is -3.22. The Bertz CT molecular complexity index is 820. The summed E-state index contributed by atoms with van der Waals surface area (Å²) in [5.41, 5.74) is 2.23. The van der Waals surface area contributed by atoms with Crippen LogP contribution in [0, 0.1) is 0 Å². The summed E-state index contributed by atoms with van der Waals surface area (Å²) in [6, 6.07) is 4.72. The smallest absolute Gasteiger partial charge is 0.338 e. The second-order valence-corrected chi connectivity index (χ2v) is 6.38. The Labute approximate surface area is 166 Å². The molecule has 0 aliphatic carbocycles. The minimum atomic E-state index is -0.516. The number of rotatable bonds is 7. The summed E-state index contributed by atoms with van der Waals surface area (Å²) in [5, 5.41) is 2.78. The Morgan fingerprint density at radius 1 is 1.07 bits per heavy atom. The first-order valence-corrected chi connectivity index (χ1v) is 8.60. The number of nitrogens with zero attached hydrogens (tertiary/aromatic N) is 1. The maximum Gasteiger partial charge on any atom is 0.338 e. The fourth-order valence-electron chi connectivity index (χ4n) is 2.03. The van der Waals surface area contributed by atoms with Gasteiger partial charge < -0.3 is 24.4 Å². The topological polar surface area (TPSA) is 77.1 Å². The number of amides is 2. The van der Waals surface area contributed by atoms with Crippen LogP contribution in [0.2, 0.25) is 0 Å². The number of esters is 1. The van der Waals surface area contributed by atoms with Crippen LogP contribution in [0.5, 0.6) is 11.5 Å². The molecule has 7 heteroatoms. The molecule has 152 valence electrons. The van der Waals surface area contributed by atoms with Crippen molar-refractivity contribution in [1.82, 2.24) is 4.90 Å². The van der Waals surface area contributed by atoms with Crippen molar-refractivity contribution < 1.29 is 23.8 Å². The number of anilines is 1. The summed E-state index contributed by atoms with van der Waals surface area (Å²) in [7, 11) is 4.68. The first kappa shape index (κ1) is 22.8. The van der Waals surface area contributed by atoms with Crippen LogP contribution < -0.4 is 14.8 Å². The summed E-state index contributed by atoms with van der Waals surface area (Å²) in [5.74, 6) is 0.931. The number of carbonyl (C=O) groups excluding carboxylic acids is 2. The van der Waals surface area contributed by atoms with Gasteiger partial charge in [0.05, 0.1) is 14.2 Å². The number of carbonyl (C=O) groups is 2. The largest absolute Gasteiger partial charge is 0.493 e. The lowest BCUT2D eigenvalue weighted by Gasteiger charge is -2.20. The Morgan fingerprint density at radius 3 is 2.18 bits per heavy atom. The zero-order valence-corrected chi connectivity index (χ0v) is 17.5. The number of hydrogen-bond donors (Lipinski definition) is 1. The van der Waals surface area contributed by atoms with Crippen molar-refractivity contribution in [3.63, 3.8) is 0 Å². The van der Waals surface area contributed by atoms with Crippen molar-refractivity contribution in [3.8, 4) is 11.5 Å². The zero-order chi connectivity index (χ0) is 21.4. The van der Waals surface area contributed by atoms with Gasteiger partial charge in [-0.05, 0) is 45.4 Å². The van der Waals surface area contributed by atoms with Gasteiger partial charge in [0, 0.05) is 36.1 Å². The van der Waals surface area contributed by atoms with Gasteiger partial charge in [0.2, 0.25) is 0 Å². The number of hydrogen-bond acceptors (Lipinski definition) is 5. The van der Waals surface area contributed by atoms with Gasteiger partial charge in [0.25, 0.3) is 0 Å². The summed E-state index contributed by atoms with van der Waals surface area (Å²) < 4.78 is 15.7. The molecule has 7 nitrogen and oxygen atoms in total. The molecule has 1 rings (SSSR count). The fraction of sp³-hybridized carbons (Fsp3) is 0.333. The molecule has 28 heavy (non-hydrogen) atoms. The molecule has 0 spiro atoms. The summed E-state index contributed by atoms with van der Waals surface area (Å²) in [6.07, 6.45) is 1.63. The Kier molecular flexibility index (Phi) is 8.31. The van der Waals surface area contributed by atoms with E-state index in [4.69, 9.17) is 14.2 Å². The third-order valence-electron chi connectivity index (χ3n) is 3.85. The Morgan fingerprint density at radius 2 is 1.68 bits per heavy atom. The van der Waals surface area contributed by atoms with Crippen molar-refractivity contribution in [1.29, 1.82) is 0 Å². The summed E-state index contributed by atoms with van der Waals surface area (Å²) in [4.78, 5) is 25.8. The lowest BCUT2D eigenvalue weighted by Crippen LogP contribution is -2.30. The average Bonchev–Trinajstić information content (AvgIpc) is 2.65. The van der Waals surface area contributed by atoms with Gasteiger partial charge in [-0.3, -0.25) is 0 Å². The van der Waals surface area contributed by atoms with Crippen LogP contribution >= 0.6 is 0 Å². The number of nitrogens with one attached hydrogen (secondary N) is 1. The van der Waals surface area contributed by atoms with E-state index in [0.717, 1.165) is 5.57 Å². The number of benzene rings is 1. The van der Waals surface area contributed by atoms with Crippen LogP contribution in [0.3, 0.4) is 0 Å². The van der Waals surface area contributed by atoms with Crippen LogP contribution in [0.25, 0.3) is 0 Å². The van der Waals surface area contributed by atoms with Crippen LogP contribution in [0.4, 0.5) is 10.5 Å². The molecule has 1 aromatic carbocycles. The number of methoxy groups -OCH3 is 2. The molecule has 0 aliphatic rings. The molecule has 0 fully saturated rings. The van der Waals surface area contributed by atoms with Gasteiger partial charge in [0.1, 0.15) is 5.76 Å². The van der Waals surface area contributed by atoms with Crippen molar-refractivity contribution in [2.75, 3.05) is 26.6 Å². The number of urea groups is 1. The van der Waals surface area contributed by atoms with E-state index in [1.165, 1.54) is 12.0 Å². The predicted molar refractivity (Wildman–Crippen MR) is 109 cm³/mol. The molecule has 0 heterocycles. The molecule has 0 saturated heterocycles. The third kappa shape index (κ3) is 6.19. The van der Waals surface area contributed by atoms with Gasteiger partial charge in [-0.15, -0.1) is 0 Å². The minimum Gasteiger partial charge on any atom is -0.493 e. The van der Waals surface area contributed by atoms with Crippen LogP contribution in [0.15, 0.2) is 53.5 Å². The Balaban J connectivity index is 2.96. The number of allylic oxidation sites excluding steroid dienone is 3. The van der Waals surface area contributed by atoms with Crippen molar-refractivity contribution in [2.24, 2.45) is 0 Å². The van der Waals surface area contributed by atoms with Crippen LogP contribution in [-0.2, 0) is 9.53 Å². The monoisotopic (exact) mass is 388 g/mol. The third-order valence-corrected chi connectivity index (χ3v) is 3.85. The second-order valence-electron chi connectivity index (χ2n) is 6.38. The molecule has 1 aromatic rings. The predicted octanol–water partition coefficient (Wildman–Crippen LogP) is 4.48. The van der Waals surface area contributed by atoms with Gasteiger partial charge in [-0.1, -0.05) is 6.58 Å². The molecule has 0 saturated carbocycles. The van der Waals surface area contributed by atoms with Crippen LogP contribution in [0.1, 0.15) is 27.7 Å². The highest BCUT2D eigenvalue weighted by molar-refractivity contribution is 5.91. The molecule has 2 amide bonds. The van der Waals surface area contributed by atoms with Crippen molar-refractivity contribution >= 4 is 17.7 Å². The molecule has 1 N–H and O–H groups in total. The standard InChI is InChI=1S/C21H28N2O5/c1-13(2)18(28-20(24)14(3)4)11-15(5)23(6)21(25)22-16-9-10-17(26-7)19(12-16)27-8/h9-12H,3H2,1-2,4-8H3,(H,22,25)/b15-11+. The summed E-state index contributed by atoms with van der Waals surface area (Å²) in [6.45, 7) is 10.5. The molecule has 0 radical (unpaired) electrons. The molecule has 0 aliphatic heterocycles. The molecular formula is C21H28N2O5. The van der Waals surface area contributed by atoms with Crippen LogP contribution in [-0.4, -0.2) is 38.2 Å². The lowest BCUT2D eigenvalue weighted by atomic mass is 10.2. The maximum absolute atomic E-state index is 12.6. The molecule has 0 atom stereocenters. The first-order chi connectivity index (χ1) is 13.1. The molecule has 0 aromatic heterocycles. The average molecular weight is 388 g/mol. The SMILES string of the molecule is C=C(C)C(=O)OC(/C=C(\C)N(C)C(=O)Nc1ccc(OC)c(OC)c1)=C(C)C. The fourth-order valence-corrected chi connectivity index (χ4v) is 2.03.